The van der Waals surface area contributed by atoms with Gasteiger partial charge in [0.2, 0.25) is 0 Å². The van der Waals surface area contributed by atoms with Gasteiger partial charge in [0, 0.05) is 0 Å². The molecule has 0 bridgehead atoms. The summed E-state index contributed by atoms with van der Waals surface area (Å²) in [4.78, 5) is 36.5. The third-order valence-corrected chi connectivity index (χ3v) is 4.09. The Morgan fingerprint density at radius 3 is 2.32 bits per heavy atom. The van der Waals surface area contributed by atoms with E-state index in [2.05, 4.69) is 14.2 Å². The zero-order chi connectivity index (χ0) is 20.5. The second-order valence-corrected chi connectivity index (χ2v) is 5.88. The van der Waals surface area contributed by atoms with Crippen LogP contribution in [0, 0.1) is 0 Å². The number of ether oxygens (including phenoxy) is 3. The molecule has 0 saturated carbocycles. The van der Waals surface area contributed by atoms with E-state index in [1.807, 2.05) is 0 Å². The van der Waals surface area contributed by atoms with Crippen LogP contribution in [0.1, 0.15) is 26.3 Å². The number of carbonyl (C=O) groups is 3. The molecule has 7 nitrogen and oxygen atoms in total. The van der Waals surface area contributed by atoms with Crippen molar-refractivity contribution in [1.82, 2.24) is 0 Å². The number of methoxy groups -OCH3 is 2. The van der Waals surface area contributed by atoms with Crippen LogP contribution in [0.2, 0.25) is 0 Å². The molecule has 1 heterocycles. The molecule has 28 heavy (non-hydrogen) atoms. The van der Waals surface area contributed by atoms with Crippen LogP contribution in [-0.2, 0) is 20.8 Å². The first-order valence-electron chi connectivity index (χ1n) is 8.05. The zero-order valence-electron chi connectivity index (χ0n) is 14.9. The highest BCUT2D eigenvalue weighted by Crippen LogP contribution is 2.40. The molecular weight excluding hydrogens is 376 g/mol. The minimum Gasteiger partial charge on any atom is -0.465 e. The number of benzene rings is 2. The van der Waals surface area contributed by atoms with Crippen molar-refractivity contribution in [3.8, 4) is 5.75 Å². The number of amides is 1. The van der Waals surface area contributed by atoms with Gasteiger partial charge in [0.05, 0.1) is 37.6 Å². The van der Waals surface area contributed by atoms with Crippen LogP contribution in [0.5, 0.6) is 5.75 Å². The minimum atomic E-state index is -4.07. The molecule has 0 N–H and O–H groups in total. The first-order chi connectivity index (χ1) is 13.3. The molecule has 0 unspecified atom stereocenters. The van der Waals surface area contributed by atoms with Gasteiger partial charge >= 0.3 is 24.0 Å². The van der Waals surface area contributed by atoms with Crippen LogP contribution in [-0.4, -0.2) is 38.2 Å². The molecule has 1 amide bonds. The molecule has 2 aromatic carbocycles. The number of nitrogens with zero attached hydrogens (tertiary/aromatic N) is 1. The topological polar surface area (TPSA) is 82.1 Å². The molecule has 146 valence electrons. The lowest BCUT2D eigenvalue weighted by Gasteiger charge is -2.33. The predicted molar refractivity (Wildman–Crippen MR) is 92.3 cm³/mol. The van der Waals surface area contributed by atoms with Gasteiger partial charge in [-0.15, -0.1) is 0 Å². The number of rotatable bonds is 4. The second kappa shape index (κ2) is 7.26. The van der Waals surface area contributed by atoms with E-state index in [0.29, 0.717) is 5.56 Å². The molecule has 0 spiro atoms. The number of hydrogen-bond donors (Lipinski definition) is 0. The van der Waals surface area contributed by atoms with Crippen molar-refractivity contribution in [2.75, 3.05) is 19.1 Å². The highest BCUT2D eigenvalue weighted by Gasteiger charge is 2.50. The highest BCUT2D eigenvalue weighted by atomic mass is 19.3. The van der Waals surface area contributed by atoms with Gasteiger partial charge < -0.3 is 14.2 Å². The van der Waals surface area contributed by atoms with E-state index in [4.69, 9.17) is 0 Å². The average Bonchev–Trinajstić information content (AvgIpc) is 2.70. The fourth-order valence-electron chi connectivity index (χ4n) is 2.76. The van der Waals surface area contributed by atoms with E-state index in [1.165, 1.54) is 50.6 Å². The summed E-state index contributed by atoms with van der Waals surface area (Å²) >= 11 is 0. The number of carbonyl (C=O) groups excluding carboxylic acids is 3. The molecule has 1 aliphatic rings. The lowest BCUT2D eigenvalue weighted by Crippen LogP contribution is -2.50. The molecule has 9 heteroatoms. The van der Waals surface area contributed by atoms with Crippen LogP contribution >= 0.6 is 0 Å². The Balaban J connectivity index is 2.03. The molecule has 1 aliphatic heterocycles. The number of alkyl halides is 2. The molecule has 0 radical (unpaired) electrons. The smallest absolute Gasteiger partial charge is 0.465 e. The van der Waals surface area contributed by atoms with E-state index in [1.54, 1.807) is 6.07 Å². The monoisotopic (exact) mass is 391 g/mol. The van der Waals surface area contributed by atoms with Crippen molar-refractivity contribution in [3.05, 3.63) is 59.2 Å². The van der Waals surface area contributed by atoms with Crippen LogP contribution < -0.4 is 9.64 Å². The Kier molecular flexibility index (Phi) is 5.00. The van der Waals surface area contributed by atoms with Crippen molar-refractivity contribution in [1.29, 1.82) is 0 Å². The normalized spacial score (nSPS) is 14.7. The molecular formula is C19H15F2NO6. The maximum Gasteiger partial charge on any atom is 0.482 e. The highest BCUT2D eigenvalue weighted by molar-refractivity contribution is 6.02. The Morgan fingerprint density at radius 2 is 1.68 bits per heavy atom. The summed E-state index contributed by atoms with van der Waals surface area (Å²) in [5.41, 5.74) is 0.665. The Bertz CT molecular complexity index is 959. The van der Waals surface area contributed by atoms with Crippen LogP contribution in [0.4, 0.5) is 14.5 Å². The van der Waals surface area contributed by atoms with Crippen molar-refractivity contribution in [2.24, 2.45) is 0 Å². The van der Waals surface area contributed by atoms with Crippen molar-refractivity contribution in [2.45, 2.75) is 12.7 Å². The number of halogens is 2. The van der Waals surface area contributed by atoms with Crippen molar-refractivity contribution >= 4 is 23.5 Å². The number of hydrogen-bond acceptors (Lipinski definition) is 6. The fourth-order valence-corrected chi connectivity index (χ4v) is 2.76. The molecule has 0 aromatic heterocycles. The minimum absolute atomic E-state index is 0.0118. The second-order valence-electron chi connectivity index (χ2n) is 5.88. The first-order valence-corrected chi connectivity index (χ1v) is 8.05. The number of fused-ring (bicyclic) bond motifs is 1. The molecule has 0 aliphatic carbocycles. The maximum absolute atomic E-state index is 14.0. The summed E-state index contributed by atoms with van der Waals surface area (Å²) in [5, 5.41) is 0. The Hall–Kier alpha value is -3.49. The lowest BCUT2D eigenvalue weighted by atomic mass is 10.1. The van der Waals surface area contributed by atoms with E-state index < -0.39 is 24.0 Å². The molecule has 2 aromatic rings. The van der Waals surface area contributed by atoms with E-state index in [9.17, 15) is 23.2 Å². The first kappa shape index (κ1) is 19.3. The van der Waals surface area contributed by atoms with Crippen LogP contribution in [0.25, 0.3) is 0 Å². The van der Waals surface area contributed by atoms with E-state index >= 15 is 0 Å². The third-order valence-electron chi connectivity index (χ3n) is 4.09. The van der Waals surface area contributed by atoms with Crippen LogP contribution in [0.3, 0.4) is 0 Å². The van der Waals surface area contributed by atoms with Crippen molar-refractivity contribution in [3.63, 3.8) is 0 Å². The summed E-state index contributed by atoms with van der Waals surface area (Å²) in [6, 6.07) is 9.68. The van der Waals surface area contributed by atoms with Gasteiger partial charge in [-0.1, -0.05) is 12.1 Å². The number of anilines is 1. The van der Waals surface area contributed by atoms with Crippen molar-refractivity contribution < 1.29 is 37.4 Å². The maximum atomic E-state index is 14.0. The fraction of sp³-hybridized carbons (Fsp3) is 0.211. The van der Waals surface area contributed by atoms with E-state index in [0.717, 1.165) is 4.90 Å². The van der Waals surface area contributed by atoms with Gasteiger partial charge in [0.1, 0.15) is 0 Å². The average molecular weight is 391 g/mol. The van der Waals surface area contributed by atoms with Crippen LogP contribution in [0.15, 0.2) is 42.5 Å². The standard InChI is InChI=1S/C19H15F2NO6/c1-26-16(23)12-5-3-4-11(8-12)10-22-14-9-13(17(24)27-2)6-7-15(14)28-19(20,21)18(22)25/h3-9H,10H2,1-2H3. The SMILES string of the molecule is COC(=O)c1cccc(CN2C(=O)C(F)(F)Oc3ccc(C(=O)OC)cc32)c1. The van der Waals surface area contributed by atoms with E-state index in [-0.39, 0.29) is 29.1 Å². The summed E-state index contributed by atoms with van der Waals surface area (Å²) in [5.74, 6) is -3.15. The molecule has 0 fully saturated rings. The van der Waals surface area contributed by atoms with Gasteiger partial charge in [-0.05, 0) is 35.9 Å². The van der Waals surface area contributed by atoms with Gasteiger partial charge in [-0.25, -0.2) is 9.59 Å². The predicted octanol–water partition coefficient (Wildman–Crippen LogP) is 2.78. The summed E-state index contributed by atoms with van der Waals surface area (Å²) < 4.78 is 41.8. The summed E-state index contributed by atoms with van der Waals surface area (Å²) in [6.07, 6.45) is -4.07. The summed E-state index contributed by atoms with van der Waals surface area (Å²) in [6.45, 7) is -0.278. The number of esters is 2. The quantitative estimate of drug-likeness (QED) is 0.746. The molecule has 3 rings (SSSR count). The van der Waals surface area contributed by atoms with Gasteiger partial charge in [0.25, 0.3) is 0 Å². The van der Waals surface area contributed by atoms with Gasteiger partial charge in [-0.3, -0.25) is 9.69 Å². The Labute approximate surface area is 158 Å². The third kappa shape index (κ3) is 3.51. The lowest BCUT2D eigenvalue weighted by molar-refractivity contribution is -0.193. The largest absolute Gasteiger partial charge is 0.482 e. The molecule has 0 saturated heterocycles. The Morgan fingerprint density at radius 1 is 1.04 bits per heavy atom. The zero-order valence-corrected chi connectivity index (χ0v) is 14.9. The van der Waals surface area contributed by atoms with Gasteiger partial charge in [0.15, 0.2) is 5.75 Å². The van der Waals surface area contributed by atoms with Gasteiger partial charge in [-0.2, -0.15) is 8.78 Å². The summed E-state index contributed by atoms with van der Waals surface area (Å²) in [7, 11) is 2.39. The molecule has 0 atom stereocenters.